The van der Waals surface area contributed by atoms with Crippen molar-refractivity contribution in [2.75, 3.05) is 11.9 Å². The van der Waals surface area contributed by atoms with Crippen LogP contribution in [-0.2, 0) is 13.0 Å². The van der Waals surface area contributed by atoms with E-state index in [4.69, 9.17) is 5.73 Å². The molecule has 2 aromatic rings. The number of hydrogen-bond donors (Lipinski definition) is 3. The molecule has 2 amide bonds. The molecule has 126 valence electrons. The van der Waals surface area contributed by atoms with Crippen LogP contribution in [0.25, 0.3) is 0 Å². The Kier molecular flexibility index (Phi) is 4.69. The number of anilines is 1. The van der Waals surface area contributed by atoms with Gasteiger partial charge in [0, 0.05) is 12.0 Å². The zero-order valence-electron chi connectivity index (χ0n) is 13.9. The van der Waals surface area contributed by atoms with Crippen molar-refractivity contribution in [2.24, 2.45) is 5.73 Å². The van der Waals surface area contributed by atoms with Crippen molar-refractivity contribution in [3.05, 3.63) is 51.9 Å². The molecule has 0 fully saturated rings. The summed E-state index contributed by atoms with van der Waals surface area (Å²) in [4.78, 5) is 27.0. The number of primary amides is 1. The topological polar surface area (TPSA) is 76.6 Å². The van der Waals surface area contributed by atoms with Gasteiger partial charge in [-0.15, -0.1) is 11.3 Å². The summed E-state index contributed by atoms with van der Waals surface area (Å²) in [7, 11) is 0. The summed E-state index contributed by atoms with van der Waals surface area (Å²) in [5.41, 5.74) is 7.67. The summed E-state index contributed by atoms with van der Waals surface area (Å²) < 4.78 is 0. The summed E-state index contributed by atoms with van der Waals surface area (Å²) in [6.45, 7) is 6.24. The largest absolute Gasteiger partial charge is 0.365 e. The van der Waals surface area contributed by atoms with Crippen LogP contribution >= 0.6 is 11.3 Å². The number of carbonyl (C=O) groups is 2. The van der Waals surface area contributed by atoms with E-state index in [0.29, 0.717) is 22.2 Å². The third kappa shape index (κ3) is 3.20. The minimum Gasteiger partial charge on any atom is -0.365 e. The molecule has 6 heteroatoms. The maximum Gasteiger partial charge on any atom is 0.256 e. The molecule has 5 nitrogen and oxygen atoms in total. The van der Waals surface area contributed by atoms with Crippen LogP contribution in [0.5, 0.6) is 0 Å². The molecule has 1 aliphatic rings. The van der Waals surface area contributed by atoms with Gasteiger partial charge in [0.15, 0.2) is 0 Å². The Bertz CT molecular complexity index is 768. The Labute approximate surface area is 145 Å². The van der Waals surface area contributed by atoms with Gasteiger partial charge in [-0.1, -0.05) is 18.2 Å². The van der Waals surface area contributed by atoms with Gasteiger partial charge < -0.3 is 16.0 Å². The van der Waals surface area contributed by atoms with Crippen LogP contribution < -0.4 is 16.0 Å². The Hall–Kier alpha value is -2.18. The number of quaternary nitrogens is 1. The molecule has 24 heavy (non-hydrogen) atoms. The molecule has 1 atom stereocenters. The fourth-order valence-electron chi connectivity index (χ4n) is 3.11. The van der Waals surface area contributed by atoms with Crippen LogP contribution in [0.2, 0.25) is 0 Å². The van der Waals surface area contributed by atoms with E-state index in [2.05, 4.69) is 19.2 Å². The third-order valence-corrected chi connectivity index (χ3v) is 5.65. The maximum atomic E-state index is 12.4. The first-order valence-corrected chi connectivity index (χ1v) is 8.94. The van der Waals surface area contributed by atoms with E-state index < -0.39 is 5.91 Å². The third-order valence-electron chi connectivity index (χ3n) is 4.50. The molecule has 0 spiro atoms. The summed E-state index contributed by atoms with van der Waals surface area (Å²) in [6, 6.07) is 9.51. The van der Waals surface area contributed by atoms with Crippen LogP contribution in [0.3, 0.4) is 0 Å². The lowest BCUT2D eigenvalue weighted by Crippen LogP contribution is -3.14. The normalized spacial score (nSPS) is 16.7. The molecule has 1 unspecified atom stereocenters. The Morgan fingerprint density at radius 1 is 1.25 bits per heavy atom. The number of hydrogen-bond acceptors (Lipinski definition) is 3. The zero-order valence-corrected chi connectivity index (χ0v) is 14.7. The van der Waals surface area contributed by atoms with Crippen molar-refractivity contribution in [2.45, 2.75) is 32.9 Å². The van der Waals surface area contributed by atoms with Gasteiger partial charge in [-0.25, -0.2) is 0 Å². The molecular formula is C18H22N3O2S+. The second-order valence-corrected chi connectivity index (χ2v) is 7.49. The lowest BCUT2D eigenvalue weighted by Gasteiger charge is -2.27. The van der Waals surface area contributed by atoms with Crippen molar-refractivity contribution in [1.29, 1.82) is 0 Å². The quantitative estimate of drug-likeness (QED) is 0.785. The Morgan fingerprint density at radius 3 is 2.58 bits per heavy atom. The van der Waals surface area contributed by atoms with E-state index in [-0.39, 0.29) is 5.91 Å². The van der Waals surface area contributed by atoms with E-state index in [1.165, 1.54) is 16.2 Å². The predicted octanol–water partition coefficient (Wildman–Crippen LogP) is 1.45. The number of thiophene rings is 1. The number of rotatable bonds is 4. The minimum atomic E-state index is -0.469. The van der Waals surface area contributed by atoms with Crippen molar-refractivity contribution in [3.8, 4) is 0 Å². The molecule has 4 N–H and O–H groups in total. The van der Waals surface area contributed by atoms with Crippen molar-refractivity contribution in [3.63, 3.8) is 0 Å². The molecule has 0 saturated carbocycles. The lowest BCUT2D eigenvalue weighted by molar-refractivity contribution is -0.936. The van der Waals surface area contributed by atoms with Gasteiger partial charge in [-0.2, -0.15) is 0 Å². The molecule has 2 heterocycles. The zero-order chi connectivity index (χ0) is 17.3. The molecule has 0 saturated heterocycles. The van der Waals surface area contributed by atoms with Crippen molar-refractivity contribution in [1.82, 2.24) is 0 Å². The van der Waals surface area contributed by atoms with Crippen LogP contribution in [0, 0.1) is 0 Å². The smallest absolute Gasteiger partial charge is 0.256 e. The first-order chi connectivity index (χ1) is 11.5. The van der Waals surface area contributed by atoms with Crippen LogP contribution in [0.15, 0.2) is 30.3 Å². The second kappa shape index (κ2) is 6.75. The van der Waals surface area contributed by atoms with Crippen LogP contribution in [0.1, 0.15) is 45.0 Å². The van der Waals surface area contributed by atoms with Crippen molar-refractivity contribution < 1.29 is 14.5 Å². The molecular weight excluding hydrogens is 322 g/mol. The fraction of sp³-hybridized carbons (Fsp3) is 0.333. The first kappa shape index (κ1) is 16.7. The maximum absolute atomic E-state index is 12.4. The van der Waals surface area contributed by atoms with E-state index in [1.807, 2.05) is 18.2 Å². The minimum absolute atomic E-state index is 0.218. The van der Waals surface area contributed by atoms with Gasteiger partial charge >= 0.3 is 0 Å². The highest BCUT2D eigenvalue weighted by Gasteiger charge is 2.30. The van der Waals surface area contributed by atoms with E-state index in [1.54, 1.807) is 12.1 Å². The average molecular weight is 344 g/mol. The van der Waals surface area contributed by atoms with Gasteiger partial charge in [-0.3, -0.25) is 9.59 Å². The molecule has 1 aromatic carbocycles. The number of carbonyl (C=O) groups excluding carboxylic acids is 2. The SMILES string of the molecule is CC(C)[NH+]1CCc2c(sc(NC(=O)c3ccccc3)c2C(N)=O)C1. The lowest BCUT2D eigenvalue weighted by atomic mass is 10.0. The van der Waals surface area contributed by atoms with Gasteiger partial charge in [0.05, 0.1) is 23.0 Å². The molecule has 0 radical (unpaired) electrons. The Morgan fingerprint density at radius 2 is 1.96 bits per heavy atom. The monoisotopic (exact) mass is 344 g/mol. The van der Waals surface area contributed by atoms with E-state index in [0.717, 1.165) is 30.0 Å². The molecule has 1 aromatic heterocycles. The van der Waals surface area contributed by atoms with Crippen molar-refractivity contribution >= 4 is 28.2 Å². The summed E-state index contributed by atoms with van der Waals surface area (Å²) in [5, 5.41) is 3.45. The number of nitrogens with two attached hydrogens (primary N) is 1. The summed E-state index contributed by atoms with van der Waals surface area (Å²) in [6.07, 6.45) is 0.818. The summed E-state index contributed by atoms with van der Waals surface area (Å²) >= 11 is 1.48. The molecule has 3 rings (SSSR count). The number of fused-ring (bicyclic) bond motifs is 1. The van der Waals surface area contributed by atoms with Gasteiger partial charge in [0.1, 0.15) is 11.5 Å². The highest BCUT2D eigenvalue weighted by atomic mass is 32.1. The molecule has 1 aliphatic heterocycles. The molecule has 0 aliphatic carbocycles. The number of amides is 2. The standard InChI is InChI=1S/C18H21N3O2S/c1-11(2)21-9-8-13-14(10-21)24-18(15(13)16(19)22)20-17(23)12-6-4-3-5-7-12/h3-7,11H,8-10H2,1-2H3,(H2,19,22)(H,20,23)/p+1. The Balaban J connectivity index is 1.91. The van der Waals surface area contributed by atoms with Gasteiger partial charge in [-0.05, 0) is 31.5 Å². The summed E-state index contributed by atoms with van der Waals surface area (Å²) in [5.74, 6) is -0.686. The van der Waals surface area contributed by atoms with Gasteiger partial charge in [0.2, 0.25) is 0 Å². The highest BCUT2D eigenvalue weighted by Crippen LogP contribution is 2.34. The average Bonchev–Trinajstić information content (AvgIpc) is 2.92. The van der Waals surface area contributed by atoms with Gasteiger partial charge in [0.25, 0.3) is 11.8 Å². The number of benzene rings is 1. The van der Waals surface area contributed by atoms with Crippen LogP contribution in [-0.4, -0.2) is 24.4 Å². The number of nitrogens with one attached hydrogen (secondary N) is 2. The second-order valence-electron chi connectivity index (χ2n) is 6.38. The molecule has 0 bridgehead atoms. The van der Waals surface area contributed by atoms with E-state index in [9.17, 15) is 9.59 Å². The predicted molar refractivity (Wildman–Crippen MR) is 95.6 cm³/mol. The fourth-order valence-corrected chi connectivity index (χ4v) is 4.41. The highest BCUT2D eigenvalue weighted by molar-refractivity contribution is 7.17. The van der Waals surface area contributed by atoms with Crippen LogP contribution in [0.4, 0.5) is 5.00 Å². The van der Waals surface area contributed by atoms with E-state index >= 15 is 0 Å². The first-order valence-electron chi connectivity index (χ1n) is 8.12.